The maximum Gasteiger partial charge on any atom is 0.329 e. The Kier molecular flexibility index (Phi) is 4.18. The van der Waals surface area contributed by atoms with Crippen LogP contribution in [0.25, 0.3) is 0 Å². The average molecular weight is 364 g/mol. The van der Waals surface area contributed by atoms with Crippen LogP contribution in [-0.2, 0) is 0 Å². The van der Waals surface area contributed by atoms with Crippen molar-refractivity contribution in [3.63, 3.8) is 0 Å². The van der Waals surface area contributed by atoms with Gasteiger partial charge in [0.05, 0.1) is 15.6 Å². The largest absolute Gasteiger partial charge is 0.333 e. The maximum absolute atomic E-state index is 10.9. The van der Waals surface area contributed by atoms with Crippen LogP contribution < -0.4 is 5.32 Å². The van der Waals surface area contributed by atoms with Crippen molar-refractivity contribution in [1.29, 1.82) is 0 Å². The van der Waals surface area contributed by atoms with Crippen molar-refractivity contribution < 1.29 is 4.92 Å². The van der Waals surface area contributed by atoms with E-state index in [1.807, 2.05) is 0 Å². The van der Waals surface area contributed by atoms with Crippen LogP contribution in [0.1, 0.15) is 0 Å². The number of halogens is 3. The fraction of sp³-hybridized carbons (Fsp3) is 0. The van der Waals surface area contributed by atoms with E-state index in [-0.39, 0.29) is 16.8 Å². The van der Waals surface area contributed by atoms with Crippen LogP contribution in [0.15, 0.2) is 28.9 Å². The molecule has 2 rings (SSSR count). The summed E-state index contributed by atoms with van der Waals surface area (Å²) < 4.78 is 0.790. The number of nitrogens with one attached hydrogen (secondary N) is 1. The van der Waals surface area contributed by atoms with E-state index in [1.165, 1.54) is 0 Å². The van der Waals surface area contributed by atoms with Crippen LogP contribution in [0, 0.1) is 10.1 Å². The van der Waals surface area contributed by atoms with Gasteiger partial charge in [-0.25, -0.2) is 4.98 Å². The third-order valence-corrected chi connectivity index (χ3v) is 3.11. The van der Waals surface area contributed by atoms with E-state index < -0.39 is 4.92 Å². The molecule has 0 aliphatic carbocycles. The van der Waals surface area contributed by atoms with Gasteiger partial charge in [-0.2, -0.15) is 4.98 Å². The Morgan fingerprint density at radius 2 is 2.11 bits per heavy atom. The quantitative estimate of drug-likeness (QED) is 0.502. The Morgan fingerprint density at radius 1 is 1.37 bits per heavy atom. The van der Waals surface area contributed by atoms with Gasteiger partial charge in [-0.1, -0.05) is 27.5 Å². The highest BCUT2D eigenvalue weighted by Gasteiger charge is 2.17. The highest BCUT2D eigenvalue weighted by molar-refractivity contribution is 9.10. The van der Waals surface area contributed by atoms with Gasteiger partial charge in [0.1, 0.15) is 6.20 Å². The minimum Gasteiger partial charge on any atom is -0.333 e. The molecule has 1 heterocycles. The molecule has 0 spiro atoms. The summed E-state index contributed by atoms with van der Waals surface area (Å²) in [6.07, 6.45) is 1.03. The molecule has 0 saturated heterocycles. The summed E-state index contributed by atoms with van der Waals surface area (Å²) >= 11 is 14.9. The van der Waals surface area contributed by atoms with Crippen molar-refractivity contribution >= 4 is 56.3 Å². The smallest absolute Gasteiger partial charge is 0.329 e. The molecule has 0 aliphatic rings. The van der Waals surface area contributed by atoms with Crippen molar-refractivity contribution in [3.8, 4) is 0 Å². The third kappa shape index (κ3) is 3.31. The van der Waals surface area contributed by atoms with Gasteiger partial charge in [0.2, 0.25) is 11.1 Å². The lowest BCUT2D eigenvalue weighted by molar-refractivity contribution is -0.384. The van der Waals surface area contributed by atoms with E-state index in [1.54, 1.807) is 18.2 Å². The summed E-state index contributed by atoms with van der Waals surface area (Å²) in [5, 5.41) is 13.9. The Morgan fingerprint density at radius 3 is 2.74 bits per heavy atom. The Labute approximate surface area is 126 Å². The van der Waals surface area contributed by atoms with Gasteiger partial charge in [-0.15, -0.1) is 0 Å². The monoisotopic (exact) mass is 362 g/mol. The van der Waals surface area contributed by atoms with Crippen molar-refractivity contribution in [2.75, 3.05) is 5.32 Å². The van der Waals surface area contributed by atoms with Crippen LogP contribution in [0.2, 0.25) is 10.3 Å². The molecule has 98 valence electrons. The predicted octanol–water partition coefficient (Wildman–Crippen LogP) is 4.20. The highest BCUT2D eigenvalue weighted by Crippen LogP contribution is 2.31. The van der Waals surface area contributed by atoms with E-state index in [2.05, 4.69) is 31.2 Å². The zero-order chi connectivity index (χ0) is 14.0. The molecule has 0 aliphatic heterocycles. The first-order valence-corrected chi connectivity index (χ1v) is 6.41. The number of rotatable bonds is 3. The molecular formula is C10H5BrCl2N4O2. The number of hydrogen-bond donors (Lipinski definition) is 1. The van der Waals surface area contributed by atoms with Crippen molar-refractivity contribution in [1.82, 2.24) is 9.97 Å². The van der Waals surface area contributed by atoms with Gasteiger partial charge in [0.25, 0.3) is 0 Å². The van der Waals surface area contributed by atoms with Crippen LogP contribution in [0.5, 0.6) is 0 Å². The van der Waals surface area contributed by atoms with Gasteiger partial charge in [-0.3, -0.25) is 10.1 Å². The molecule has 0 radical (unpaired) electrons. The van der Waals surface area contributed by atoms with Gasteiger partial charge in [-0.05, 0) is 29.8 Å². The number of nitro groups is 1. The predicted molar refractivity (Wildman–Crippen MR) is 76.1 cm³/mol. The number of nitrogens with zero attached hydrogens (tertiary/aromatic N) is 3. The van der Waals surface area contributed by atoms with Gasteiger partial charge in [0.15, 0.2) is 0 Å². The first-order chi connectivity index (χ1) is 8.97. The molecular weight excluding hydrogens is 359 g/mol. The SMILES string of the molecule is O=[N+]([O-])c1cnc(Cl)nc1Nc1ccc(Br)cc1Cl. The van der Waals surface area contributed by atoms with E-state index >= 15 is 0 Å². The normalized spacial score (nSPS) is 10.3. The lowest BCUT2D eigenvalue weighted by Crippen LogP contribution is -2.01. The Hall–Kier alpha value is -1.44. The minimum atomic E-state index is -0.606. The molecule has 9 heteroatoms. The lowest BCUT2D eigenvalue weighted by Gasteiger charge is -2.08. The Bertz CT molecular complexity index is 653. The first-order valence-electron chi connectivity index (χ1n) is 4.86. The first kappa shape index (κ1) is 14.0. The lowest BCUT2D eigenvalue weighted by atomic mass is 10.3. The molecule has 19 heavy (non-hydrogen) atoms. The molecule has 1 aromatic carbocycles. The number of hydrogen-bond acceptors (Lipinski definition) is 5. The average Bonchev–Trinajstić information content (AvgIpc) is 2.32. The van der Waals surface area contributed by atoms with Gasteiger partial charge in [0, 0.05) is 4.47 Å². The second-order valence-electron chi connectivity index (χ2n) is 3.38. The summed E-state index contributed by atoms with van der Waals surface area (Å²) in [5.74, 6) is -0.0192. The molecule has 2 aromatic rings. The van der Waals surface area contributed by atoms with E-state index in [4.69, 9.17) is 23.2 Å². The van der Waals surface area contributed by atoms with Crippen LogP contribution >= 0.6 is 39.1 Å². The van der Waals surface area contributed by atoms with Crippen LogP contribution in [-0.4, -0.2) is 14.9 Å². The summed E-state index contributed by atoms with van der Waals surface area (Å²) in [6, 6.07) is 5.05. The van der Waals surface area contributed by atoms with Crippen molar-refractivity contribution in [2.45, 2.75) is 0 Å². The van der Waals surface area contributed by atoms with Crippen molar-refractivity contribution in [2.24, 2.45) is 0 Å². The van der Waals surface area contributed by atoms with Crippen molar-refractivity contribution in [3.05, 3.63) is 49.3 Å². The topological polar surface area (TPSA) is 81.0 Å². The number of aromatic nitrogens is 2. The fourth-order valence-electron chi connectivity index (χ4n) is 1.30. The van der Waals surface area contributed by atoms with Crippen LogP contribution in [0.4, 0.5) is 17.2 Å². The maximum atomic E-state index is 10.9. The molecule has 1 aromatic heterocycles. The molecule has 0 saturated carbocycles. The Balaban J connectivity index is 2.42. The number of anilines is 2. The second-order valence-corrected chi connectivity index (χ2v) is 5.04. The summed E-state index contributed by atoms with van der Waals surface area (Å²) in [4.78, 5) is 17.6. The molecule has 1 N–H and O–H groups in total. The molecule has 0 bridgehead atoms. The standard InChI is InChI=1S/C10H5BrCl2N4O2/c11-5-1-2-7(6(12)3-5)15-9-8(17(18)19)4-14-10(13)16-9/h1-4H,(H,14,15,16). The zero-order valence-corrected chi connectivity index (χ0v) is 12.2. The van der Waals surface area contributed by atoms with Gasteiger partial charge >= 0.3 is 5.69 Å². The highest BCUT2D eigenvalue weighted by atomic mass is 79.9. The van der Waals surface area contributed by atoms with E-state index in [9.17, 15) is 10.1 Å². The molecule has 6 nitrogen and oxygen atoms in total. The number of benzene rings is 1. The minimum absolute atomic E-state index is 0.0192. The summed E-state index contributed by atoms with van der Waals surface area (Å²) in [5.41, 5.74) is 0.186. The molecule has 0 unspecified atom stereocenters. The second kappa shape index (κ2) is 5.68. The zero-order valence-electron chi connectivity index (χ0n) is 9.10. The molecule has 0 fully saturated rings. The molecule has 0 atom stereocenters. The van der Waals surface area contributed by atoms with Gasteiger partial charge < -0.3 is 5.32 Å². The van der Waals surface area contributed by atoms with Crippen LogP contribution in [0.3, 0.4) is 0 Å². The summed E-state index contributed by atoms with van der Waals surface area (Å²) in [6.45, 7) is 0. The summed E-state index contributed by atoms with van der Waals surface area (Å²) in [7, 11) is 0. The third-order valence-electron chi connectivity index (χ3n) is 2.12. The fourth-order valence-corrected chi connectivity index (χ4v) is 2.15. The van der Waals surface area contributed by atoms with E-state index in [0.29, 0.717) is 10.7 Å². The van der Waals surface area contributed by atoms with E-state index in [0.717, 1.165) is 10.7 Å². The molecule has 0 amide bonds.